The van der Waals surface area contributed by atoms with Gasteiger partial charge in [0.25, 0.3) is 0 Å². The first kappa shape index (κ1) is 11.7. The van der Waals surface area contributed by atoms with Crippen LogP contribution in [0.2, 0.25) is 0 Å². The lowest BCUT2D eigenvalue weighted by Crippen LogP contribution is -2.07. The molecule has 0 aromatic rings. The maximum absolute atomic E-state index is 2.51. The van der Waals surface area contributed by atoms with Gasteiger partial charge in [-0.1, -0.05) is 44.1 Å². The first-order valence-corrected chi connectivity index (χ1v) is 6.91. The topological polar surface area (TPSA) is 0 Å². The first-order chi connectivity index (χ1) is 7.83. The van der Waals surface area contributed by atoms with Crippen LogP contribution in [0.3, 0.4) is 0 Å². The first-order valence-electron chi connectivity index (χ1n) is 6.91. The lowest BCUT2D eigenvalue weighted by atomic mass is 9.82. The fourth-order valence-corrected chi connectivity index (χ4v) is 2.79. The zero-order valence-electron chi connectivity index (χ0n) is 10.8. The van der Waals surface area contributed by atoms with Crippen LogP contribution in [0.4, 0.5) is 0 Å². The third-order valence-corrected chi connectivity index (χ3v) is 4.20. The maximum atomic E-state index is 2.51. The van der Waals surface area contributed by atoms with E-state index in [1.807, 2.05) is 0 Å². The van der Waals surface area contributed by atoms with Crippen molar-refractivity contribution in [2.75, 3.05) is 0 Å². The van der Waals surface area contributed by atoms with Crippen molar-refractivity contribution in [3.8, 4) is 0 Å². The average Bonchev–Trinajstić information content (AvgIpc) is 2.39. The highest BCUT2D eigenvalue weighted by Crippen LogP contribution is 2.33. The molecule has 2 rings (SSSR count). The third-order valence-electron chi connectivity index (χ3n) is 4.20. The van der Waals surface area contributed by atoms with Crippen LogP contribution in [0.25, 0.3) is 0 Å². The highest BCUT2D eigenvalue weighted by atomic mass is 14.2. The van der Waals surface area contributed by atoms with Crippen molar-refractivity contribution in [3.05, 3.63) is 34.9 Å². The molecule has 0 nitrogen and oxygen atoms in total. The molecule has 0 N–H and O–H groups in total. The molecule has 0 aromatic heterocycles. The molecule has 0 aromatic carbocycles. The second-order valence-corrected chi connectivity index (χ2v) is 5.15. The Kier molecular flexibility index (Phi) is 4.04. The summed E-state index contributed by atoms with van der Waals surface area (Å²) in [5.74, 6) is 0.953. The lowest BCUT2D eigenvalue weighted by molar-refractivity contribution is 0.456. The fraction of sp³-hybridized carbons (Fsp3) is 0.625. The average molecular weight is 216 g/mol. The molecule has 0 saturated carbocycles. The summed E-state index contributed by atoms with van der Waals surface area (Å²) in [7, 11) is 0. The van der Waals surface area contributed by atoms with Crippen molar-refractivity contribution in [2.24, 2.45) is 5.92 Å². The van der Waals surface area contributed by atoms with Gasteiger partial charge in [-0.15, -0.1) is 0 Å². The van der Waals surface area contributed by atoms with Gasteiger partial charge in [-0.3, -0.25) is 0 Å². The number of hydrogen-bond donors (Lipinski definition) is 0. The van der Waals surface area contributed by atoms with Gasteiger partial charge in [0.15, 0.2) is 0 Å². The van der Waals surface area contributed by atoms with E-state index in [9.17, 15) is 0 Å². The van der Waals surface area contributed by atoms with Crippen LogP contribution < -0.4 is 0 Å². The van der Waals surface area contributed by atoms with Gasteiger partial charge >= 0.3 is 0 Å². The van der Waals surface area contributed by atoms with Crippen molar-refractivity contribution >= 4 is 0 Å². The van der Waals surface area contributed by atoms with Crippen LogP contribution >= 0.6 is 0 Å². The van der Waals surface area contributed by atoms with Crippen molar-refractivity contribution < 1.29 is 0 Å². The number of rotatable bonds is 3. The minimum Gasteiger partial charge on any atom is -0.0808 e. The van der Waals surface area contributed by atoms with Gasteiger partial charge in [-0.25, -0.2) is 0 Å². The Morgan fingerprint density at radius 3 is 2.44 bits per heavy atom. The zero-order chi connectivity index (χ0) is 11.4. The quantitative estimate of drug-likeness (QED) is 0.610. The molecule has 88 valence electrons. The predicted octanol–water partition coefficient (Wildman–Crippen LogP) is 5.18. The Labute approximate surface area is 100 Å². The standard InChI is InChI=1S/C16H24/c1-3-13-5-9-15(10-6-13)16-11-7-14(4-2)8-12-16/h5,9,11,14H,3-4,6-8,10,12H2,1-2H3. The summed E-state index contributed by atoms with van der Waals surface area (Å²) < 4.78 is 0. The van der Waals surface area contributed by atoms with Crippen molar-refractivity contribution in [1.82, 2.24) is 0 Å². The molecule has 0 amide bonds. The van der Waals surface area contributed by atoms with Crippen molar-refractivity contribution in [3.63, 3.8) is 0 Å². The van der Waals surface area contributed by atoms with E-state index in [0.717, 1.165) is 5.92 Å². The molecule has 0 spiro atoms. The van der Waals surface area contributed by atoms with Crippen LogP contribution in [0, 0.1) is 5.92 Å². The molecule has 0 heterocycles. The molecular formula is C16H24. The second-order valence-electron chi connectivity index (χ2n) is 5.15. The molecule has 0 radical (unpaired) electrons. The van der Waals surface area contributed by atoms with Crippen LogP contribution in [0.1, 0.15) is 58.8 Å². The predicted molar refractivity (Wildman–Crippen MR) is 71.4 cm³/mol. The molecule has 2 aliphatic rings. The monoisotopic (exact) mass is 216 g/mol. The molecule has 16 heavy (non-hydrogen) atoms. The minimum atomic E-state index is 0.953. The van der Waals surface area contributed by atoms with Gasteiger partial charge in [-0.05, 0) is 55.6 Å². The highest BCUT2D eigenvalue weighted by molar-refractivity contribution is 5.38. The molecule has 1 unspecified atom stereocenters. The molecule has 0 heteroatoms. The molecule has 1 atom stereocenters. The fourth-order valence-electron chi connectivity index (χ4n) is 2.79. The lowest BCUT2D eigenvalue weighted by Gasteiger charge is -2.23. The Hall–Kier alpha value is -0.780. The number of allylic oxidation sites excluding steroid dienone is 6. The van der Waals surface area contributed by atoms with E-state index in [4.69, 9.17) is 0 Å². The van der Waals surface area contributed by atoms with Gasteiger partial charge < -0.3 is 0 Å². The van der Waals surface area contributed by atoms with E-state index in [1.54, 1.807) is 16.7 Å². The molecule has 2 aliphatic carbocycles. The molecule has 0 fully saturated rings. The minimum absolute atomic E-state index is 0.953. The van der Waals surface area contributed by atoms with Crippen LogP contribution in [0.15, 0.2) is 34.9 Å². The molecule has 0 bridgehead atoms. The van der Waals surface area contributed by atoms with E-state index >= 15 is 0 Å². The SMILES string of the molecule is CCC1=CC=C(C2=CCC(CC)CC2)CC1. The van der Waals surface area contributed by atoms with Gasteiger partial charge in [0.1, 0.15) is 0 Å². The van der Waals surface area contributed by atoms with E-state index in [2.05, 4.69) is 32.1 Å². The molecular weight excluding hydrogens is 192 g/mol. The summed E-state index contributed by atoms with van der Waals surface area (Å²) >= 11 is 0. The second kappa shape index (κ2) is 5.52. The number of hydrogen-bond acceptors (Lipinski definition) is 0. The van der Waals surface area contributed by atoms with E-state index in [-0.39, 0.29) is 0 Å². The molecule has 0 saturated heterocycles. The smallest absolute Gasteiger partial charge is 0.0239 e. The summed E-state index contributed by atoms with van der Waals surface area (Å²) in [5.41, 5.74) is 4.88. The summed E-state index contributed by atoms with van der Waals surface area (Å²) in [6.45, 7) is 4.58. The summed E-state index contributed by atoms with van der Waals surface area (Å²) in [4.78, 5) is 0. The Morgan fingerprint density at radius 1 is 1.06 bits per heavy atom. The molecule has 0 aliphatic heterocycles. The summed E-state index contributed by atoms with van der Waals surface area (Å²) in [5, 5.41) is 0. The third kappa shape index (κ3) is 2.66. The normalized spacial score (nSPS) is 25.9. The van der Waals surface area contributed by atoms with E-state index < -0.39 is 0 Å². The van der Waals surface area contributed by atoms with Gasteiger partial charge in [-0.2, -0.15) is 0 Å². The maximum Gasteiger partial charge on any atom is -0.0239 e. The largest absolute Gasteiger partial charge is 0.0808 e. The Morgan fingerprint density at radius 2 is 1.94 bits per heavy atom. The van der Waals surface area contributed by atoms with E-state index in [0.29, 0.717) is 0 Å². The summed E-state index contributed by atoms with van der Waals surface area (Å²) in [6.07, 6.45) is 16.4. The van der Waals surface area contributed by atoms with E-state index in [1.165, 1.54) is 44.9 Å². The Balaban J connectivity index is 2.02. The van der Waals surface area contributed by atoms with Gasteiger partial charge in [0.05, 0.1) is 0 Å². The Bertz CT molecular complexity index is 328. The summed E-state index contributed by atoms with van der Waals surface area (Å²) in [6, 6.07) is 0. The van der Waals surface area contributed by atoms with Crippen LogP contribution in [-0.4, -0.2) is 0 Å². The van der Waals surface area contributed by atoms with Crippen LogP contribution in [-0.2, 0) is 0 Å². The zero-order valence-corrected chi connectivity index (χ0v) is 10.8. The highest BCUT2D eigenvalue weighted by Gasteiger charge is 2.16. The van der Waals surface area contributed by atoms with Crippen molar-refractivity contribution in [2.45, 2.75) is 58.8 Å². The van der Waals surface area contributed by atoms with Crippen molar-refractivity contribution in [1.29, 1.82) is 0 Å². The van der Waals surface area contributed by atoms with Gasteiger partial charge in [0, 0.05) is 0 Å². The van der Waals surface area contributed by atoms with Crippen LogP contribution in [0.5, 0.6) is 0 Å². The van der Waals surface area contributed by atoms with Gasteiger partial charge in [0.2, 0.25) is 0 Å².